The monoisotopic (exact) mass is 595 g/mol. The number of esters is 1. The largest absolute Gasteiger partial charge is 0.496 e. The number of amides is 2. The number of carbonyl (C=O) groups is 3. The number of nitrogens with zero attached hydrogens (tertiary/aromatic N) is 1. The molecule has 2 aromatic carbocycles. The molecule has 0 bridgehead atoms. The standard InChI is InChI=1S/C24H26IN3O5S/c1-32-20-10-9-17(14-18(20)25)22(30)27-24(34)28-12-11-26-23(31)19(28)15-21(29)33-13-5-8-16-6-3-2-4-7-16/h2-4,6-7,9-10,14,19H,5,8,11-13,15H2,1H3,(H,26,31)(H,27,30,34). The molecule has 3 rings (SSSR count). The molecule has 2 amide bonds. The van der Waals surface area contributed by atoms with E-state index in [0.717, 1.165) is 9.99 Å². The van der Waals surface area contributed by atoms with Crippen LogP contribution in [-0.4, -0.2) is 60.6 Å². The second-order valence-corrected chi connectivity index (χ2v) is 9.17. The van der Waals surface area contributed by atoms with Gasteiger partial charge in [-0.1, -0.05) is 30.3 Å². The van der Waals surface area contributed by atoms with Crippen LogP contribution in [0.15, 0.2) is 48.5 Å². The third-order valence-corrected chi connectivity index (χ3v) is 6.48. The Labute approximate surface area is 217 Å². The first kappa shape index (κ1) is 25.9. The summed E-state index contributed by atoms with van der Waals surface area (Å²) in [6.07, 6.45) is 1.32. The summed E-state index contributed by atoms with van der Waals surface area (Å²) in [6.45, 7) is 0.994. The number of hydrogen-bond donors (Lipinski definition) is 2. The SMILES string of the molecule is COc1ccc(C(=O)NC(=S)N2CCNC(=O)C2CC(=O)OCCCc2ccccc2)cc1I. The molecule has 0 saturated carbocycles. The number of aryl methyl sites for hydroxylation is 1. The number of methoxy groups -OCH3 is 1. The van der Waals surface area contributed by atoms with Crippen LogP contribution < -0.4 is 15.4 Å². The zero-order valence-electron chi connectivity index (χ0n) is 18.7. The normalized spacial score (nSPS) is 15.3. The Balaban J connectivity index is 1.54. The third-order valence-electron chi connectivity index (χ3n) is 5.30. The molecule has 1 heterocycles. The van der Waals surface area contributed by atoms with Crippen molar-refractivity contribution >= 4 is 57.7 Å². The van der Waals surface area contributed by atoms with Crippen LogP contribution in [0.2, 0.25) is 0 Å². The highest BCUT2D eigenvalue weighted by atomic mass is 127. The molecule has 2 aromatic rings. The number of ether oxygens (including phenoxy) is 2. The maximum Gasteiger partial charge on any atom is 0.308 e. The minimum Gasteiger partial charge on any atom is -0.496 e. The smallest absolute Gasteiger partial charge is 0.308 e. The Bertz CT molecular complexity index is 1050. The molecule has 1 saturated heterocycles. The topological polar surface area (TPSA) is 97.0 Å². The van der Waals surface area contributed by atoms with Crippen molar-refractivity contribution in [1.82, 2.24) is 15.5 Å². The average molecular weight is 595 g/mol. The summed E-state index contributed by atoms with van der Waals surface area (Å²) >= 11 is 7.49. The second-order valence-electron chi connectivity index (χ2n) is 7.62. The van der Waals surface area contributed by atoms with E-state index in [0.29, 0.717) is 30.8 Å². The zero-order valence-corrected chi connectivity index (χ0v) is 21.7. The Morgan fingerprint density at radius 1 is 1.24 bits per heavy atom. The molecule has 0 aromatic heterocycles. The van der Waals surface area contributed by atoms with E-state index >= 15 is 0 Å². The van der Waals surface area contributed by atoms with Gasteiger partial charge in [-0.25, -0.2) is 0 Å². The predicted molar refractivity (Wildman–Crippen MR) is 140 cm³/mol. The number of rotatable bonds is 8. The number of carbonyl (C=O) groups excluding carboxylic acids is 3. The molecule has 1 aliphatic heterocycles. The summed E-state index contributed by atoms with van der Waals surface area (Å²) in [4.78, 5) is 39.1. The van der Waals surface area contributed by atoms with Gasteiger partial charge in [0.25, 0.3) is 5.91 Å². The lowest BCUT2D eigenvalue weighted by Gasteiger charge is -2.36. The molecule has 0 aliphatic carbocycles. The van der Waals surface area contributed by atoms with Crippen LogP contribution in [0, 0.1) is 3.57 Å². The summed E-state index contributed by atoms with van der Waals surface area (Å²) in [5, 5.41) is 5.50. The van der Waals surface area contributed by atoms with Crippen molar-refractivity contribution in [2.75, 3.05) is 26.8 Å². The average Bonchev–Trinajstić information content (AvgIpc) is 2.83. The van der Waals surface area contributed by atoms with Crippen molar-refractivity contribution in [3.8, 4) is 5.75 Å². The van der Waals surface area contributed by atoms with Crippen LogP contribution >= 0.6 is 34.8 Å². The van der Waals surface area contributed by atoms with E-state index in [1.54, 1.807) is 30.2 Å². The Morgan fingerprint density at radius 3 is 2.71 bits per heavy atom. The van der Waals surface area contributed by atoms with Crippen LogP contribution in [0.3, 0.4) is 0 Å². The van der Waals surface area contributed by atoms with Gasteiger partial charge in [-0.15, -0.1) is 0 Å². The van der Waals surface area contributed by atoms with Crippen LogP contribution in [0.4, 0.5) is 0 Å². The highest BCUT2D eigenvalue weighted by Crippen LogP contribution is 2.21. The minimum atomic E-state index is -0.848. The molecule has 8 nitrogen and oxygen atoms in total. The fourth-order valence-corrected chi connectivity index (χ4v) is 4.58. The van der Waals surface area contributed by atoms with E-state index in [1.807, 2.05) is 30.3 Å². The predicted octanol–water partition coefficient (Wildman–Crippen LogP) is 2.68. The van der Waals surface area contributed by atoms with Crippen LogP contribution in [0.5, 0.6) is 5.75 Å². The van der Waals surface area contributed by atoms with E-state index < -0.39 is 17.9 Å². The van der Waals surface area contributed by atoms with Gasteiger partial charge in [-0.3, -0.25) is 19.7 Å². The number of thiocarbonyl (C=S) groups is 1. The molecule has 2 N–H and O–H groups in total. The molecule has 180 valence electrons. The first-order valence-electron chi connectivity index (χ1n) is 10.8. The maximum absolute atomic E-state index is 12.7. The quantitative estimate of drug-likeness (QED) is 0.210. The molecule has 34 heavy (non-hydrogen) atoms. The summed E-state index contributed by atoms with van der Waals surface area (Å²) in [7, 11) is 1.56. The number of nitrogens with one attached hydrogen (secondary N) is 2. The fourth-order valence-electron chi connectivity index (χ4n) is 3.53. The van der Waals surface area contributed by atoms with E-state index in [-0.39, 0.29) is 24.0 Å². The van der Waals surface area contributed by atoms with Crippen molar-refractivity contribution in [3.05, 3.63) is 63.2 Å². The number of halogens is 1. The molecule has 1 unspecified atom stereocenters. The number of hydrogen-bond acceptors (Lipinski definition) is 6. The molecule has 1 aliphatic rings. The number of benzene rings is 2. The van der Waals surface area contributed by atoms with Gasteiger partial charge in [-0.05, 0) is 71.4 Å². The van der Waals surface area contributed by atoms with Gasteiger partial charge in [-0.2, -0.15) is 0 Å². The molecule has 10 heteroatoms. The fraction of sp³-hybridized carbons (Fsp3) is 0.333. The van der Waals surface area contributed by atoms with Crippen molar-refractivity contribution < 1.29 is 23.9 Å². The molecule has 0 spiro atoms. The van der Waals surface area contributed by atoms with Gasteiger partial charge in [0.1, 0.15) is 11.8 Å². The molecule has 0 radical (unpaired) electrons. The van der Waals surface area contributed by atoms with Gasteiger partial charge >= 0.3 is 5.97 Å². The van der Waals surface area contributed by atoms with Crippen LogP contribution in [-0.2, 0) is 20.7 Å². The van der Waals surface area contributed by atoms with E-state index in [2.05, 4.69) is 33.2 Å². The number of piperazine rings is 1. The zero-order chi connectivity index (χ0) is 24.5. The second kappa shape index (κ2) is 12.7. The Hall–Kier alpha value is -2.73. The maximum atomic E-state index is 12.7. The van der Waals surface area contributed by atoms with Gasteiger partial charge < -0.3 is 19.7 Å². The molecule has 1 fully saturated rings. The lowest BCUT2D eigenvalue weighted by molar-refractivity contribution is -0.147. The van der Waals surface area contributed by atoms with Crippen molar-refractivity contribution in [2.45, 2.75) is 25.3 Å². The lowest BCUT2D eigenvalue weighted by Crippen LogP contribution is -2.60. The lowest BCUT2D eigenvalue weighted by atomic mass is 10.1. The van der Waals surface area contributed by atoms with Crippen molar-refractivity contribution in [3.63, 3.8) is 0 Å². The van der Waals surface area contributed by atoms with E-state index in [1.165, 1.54) is 5.56 Å². The highest BCUT2D eigenvalue weighted by Gasteiger charge is 2.34. The molecular formula is C24H26IN3O5S. The van der Waals surface area contributed by atoms with Gasteiger partial charge in [0.05, 0.1) is 23.7 Å². The Kier molecular flexibility index (Phi) is 9.63. The first-order chi connectivity index (χ1) is 16.4. The summed E-state index contributed by atoms with van der Waals surface area (Å²) in [6, 6.07) is 14.1. The summed E-state index contributed by atoms with van der Waals surface area (Å²) in [5.41, 5.74) is 1.58. The minimum absolute atomic E-state index is 0.0903. The van der Waals surface area contributed by atoms with Crippen molar-refractivity contribution in [1.29, 1.82) is 0 Å². The summed E-state index contributed by atoms with van der Waals surface area (Å²) in [5.74, 6) is -0.560. The van der Waals surface area contributed by atoms with Gasteiger partial charge in [0.2, 0.25) is 5.91 Å². The highest BCUT2D eigenvalue weighted by molar-refractivity contribution is 14.1. The van der Waals surface area contributed by atoms with Crippen molar-refractivity contribution in [2.24, 2.45) is 0 Å². The molecule has 1 atom stereocenters. The molecular weight excluding hydrogens is 569 g/mol. The first-order valence-corrected chi connectivity index (χ1v) is 12.3. The van der Waals surface area contributed by atoms with E-state index in [4.69, 9.17) is 21.7 Å². The van der Waals surface area contributed by atoms with Gasteiger partial charge in [0.15, 0.2) is 5.11 Å². The van der Waals surface area contributed by atoms with Crippen LogP contribution in [0.25, 0.3) is 0 Å². The third kappa shape index (κ3) is 7.13. The van der Waals surface area contributed by atoms with Crippen LogP contribution in [0.1, 0.15) is 28.8 Å². The van der Waals surface area contributed by atoms with E-state index in [9.17, 15) is 14.4 Å². The Morgan fingerprint density at radius 2 is 2.00 bits per heavy atom. The van der Waals surface area contributed by atoms with Gasteiger partial charge in [0, 0.05) is 18.7 Å². The summed E-state index contributed by atoms with van der Waals surface area (Å²) < 4.78 is 11.3.